The molecule has 6 heteroatoms. The number of benzene rings is 1. The minimum absolute atomic E-state index is 0.232. The van der Waals surface area contributed by atoms with Crippen molar-refractivity contribution in [1.82, 2.24) is 20.1 Å². The van der Waals surface area contributed by atoms with Gasteiger partial charge >= 0.3 is 0 Å². The molecule has 0 saturated carbocycles. The molecule has 0 radical (unpaired) electrons. The second-order valence-electron chi connectivity index (χ2n) is 5.65. The van der Waals surface area contributed by atoms with E-state index >= 15 is 0 Å². The highest BCUT2D eigenvalue weighted by Crippen LogP contribution is 2.20. The van der Waals surface area contributed by atoms with E-state index < -0.39 is 0 Å². The van der Waals surface area contributed by atoms with Gasteiger partial charge in [-0.3, -0.25) is 4.68 Å². The molecule has 2 aromatic heterocycles. The Morgan fingerprint density at radius 2 is 2.04 bits per heavy atom. The van der Waals surface area contributed by atoms with E-state index in [2.05, 4.69) is 22.3 Å². The highest BCUT2D eigenvalue weighted by molar-refractivity contribution is 5.55. The second kappa shape index (κ2) is 6.75. The molecule has 0 aliphatic rings. The molecule has 0 unspecified atom stereocenters. The number of aryl methyl sites for hydroxylation is 1. The van der Waals surface area contributed by atoms with Crippen LogP contribution in [0.5, 0.6) is 0 Å². The summed E-state index contributed by atoms with van der Waals surface area (Å²) in [7, 11) is 0. The summed E-state index contributed by atoms with van der Waals surface area (Å²) < 4.78 is 20.5. The number of hydrogen-bond acceptors (Lipinski definition) is 4. The predicted octanol–water partition coefficient (Wildman–Crippen LogP) is 3.16. The first-order chi connectivity index (χ1) is 11.1. The Labute approximate surface area is 134 Å². The first-order valence-corrected chi connectivity index (χ1v) is 7.53. The third kappa shape index (κ3) is 4.04. The molecule has 3 aromatic rings. The van der Waals surface area contributed by atoms with E-state index in [0.717, 1.165) is 17.7 Å². The van der Waals surface area contributed by atoms with Crippen LogP contribution in [0.1, 0.15) is 18.4 Å². The van der Waals surface area contributed by atoms with Crippen LogP contribution in [0.3, 0.4) is 0 Å². The van der Waals surface area contributed by atoms with Gasteiger partial charge in [0.1, 0.15) is 5.82 Å². The SMILES string of the molecule is Cc1cnn(C[C@H](C)NCc2ncc(-c3ccc(F)cc3)o2)c1. The fourth-order valence-electron chi connectivity index (χ4n) is 2.31. The molecule has 1 atom stereocenters. The fourth-order valence-corrected chi connectivity index (χ4v) is 2.31. The molecule has 5 nitrogen and oxygen atoms in total. The van der Waals surface area contributed by atoms with E-state index in [4.69, 9.17) is 4.42 Å². The van der Waals surface area contributed by atoms with Crippen molar-refractivity contribution >= 4 is 0 Å². The van der Waals surface area contributed by atoms with E-state index in [-0.39, 0.29) is 11.9 Å². The summed E-state index contributed by atoms with van der Waals surface area (Å²) in [6.07, 6.45) is 5.51. The lowest BCUT2D eigenvalue weighted by atomic mass is 10.2. The Bertz CT molecular complexity index is 763. The van der Waals surface area contributed by atoms with Gasteiger partial charge < -0.3 is 9.73 Å². The van der Waals surface area contributed by atoms with Crippen molar-refractivity contribution in [2.45, 2.75) is 33.0 Å². The summed E-state index contributed by atoms with van der Waals surface area (Å²) >= 11 is 0. The molecule has 3 rings (SSSR count). The van der Waals surface area contributed by atoms with Crippen molar-refractivity contribution in [2.24, 2.45) is 0 Å². The molecule has 0 saturated heterocycles. The molecule has 1 aromatic carbocycles. The van der Waals surface area contributed by atoms with Gasteiger partial charge in [-0.25, -0.2) is 9.37 Å². The average Bonchev–Trinajstić information content (AvgIpc) is 3.15. The molecule has 0 spiro atoms. The van der Waals surface area contributed by atoms with Crippen LogP contribution in [0, 0.1) is 12.7 Å². The lowest BCUT2D eigenvalue weighted by molar-refractivity contribution is 0.410. The Hall–Kier alpha value is -2.47. The number of nitrogens with one attached hydrogen (secondary N) is 1. The van der Waals surface area contributed by atoms with Gasteiger partial charge in [-0.1, -0.05) is 0 Å². The number of rotatable bonds is 6. The molecular formula is C17H19FN4O. The third-order valence-corrected chi connectivity index (χ3v) is 3.51. The highest BCUT2D eigenvalue weighted by atomic mass is 19.1. The Morgan fingerprint density at radius 1 is 1.26 bits per heavy atom. The van der Waals surface area contributed by atoms with E-state index in [1.54, 1.807) is 18.3 Å². The fraction of sp³-hybridized carbons (Fsp3) is 0.294. The van der Waals surface area contributed by atoms with Crippen LogP contribution in [-0.4, -0.2) is 20.8 Å². The molecule has 0 fully saturated rings. The van der Waals surface area contributed by atoms with Crippen LogP contribution in [0.15, 0.2) is 47.3 Å². The standard InChI is InChI=1S/C17H19FN4O/c1-12-7-21-22(10-12)11-13(2)19-9-17-20-8-16(23-17)14-3-5-15(18)6-4-14/h3-8,10,13,19H,9,11H2,1-2H3/t13-/m0/s1. The zero-order chi connectivity index (χ0) is 16.2. The largest absolute Gasteiger partial charge is 0.439 e. The monoisotopic (exact) mass is 314 g/mol. The van der Waals surface area contributed by atoms with Crippen LogP contribution in [0.25, 0.3) is 11.3 Å². The van der Waals surface area contributed by atoms with Crippen molar-refractivity contribution in [1.29, 1.82) is 0 Å². The normalized spacial score (nSPS) is 12.5. The van der Waals surface area contributed by atoms with Gasteiger partial charge in [0.05, 0.1) is 25.5 Å². The Balaban J connectivity index is 1.55. The summed E-state index contributed by atoms with van der Waals surface area (Å²) in [6.45, 7) is 5.41. The number of halogens is 1. The van der Waals surface area contributed by atoms with Gasteiger partial charge in [0, 0.05) is 17.8 Å². The number of hydrogen-bond donors (Lipinski definition) is 1. The van der Waals surface area contributed by atoms with Crippen LogP contribution >= 0.6 is 0 Å². The van der Waals surface area contributed by atoms with Gasteiger partial charge in [0.15, 0.2) is 5.76 Å². The lowest BCUT2D eigenvalue weighted by Gasteiger charge is -2.12. The van der Waals surface area contributed by atoms with E-state index in [0.29, 0.717) is 18.2 Å². The molecule has 120 valence electrons. The van der Waals surface area contributed by atoms with Gasteiger partial charge in [-0.15, -0.1) is 0 Å². The molecule has 1 N–H and O–H groups in total. The maximum absolute atomic E-state index is 12.9. The van der Waals surface area contributed by atoms with Crippen molar-refractivity contribution in [2.75, 3.05) is 0 Å². The van der Waals surface area contributed by atoms with Crippen molar-refractivity contribution in [3.8, 4) is 11.3 Å². The highest BCUT2D eigenvalue weighted by Gasteiger charge is 2.09. The average molecular weight is 314 g/mol. The smallest absolute Gasteiger partial charge is 0.208 e. The lowest BCUT2D eigenvalue weighted by Crippen LogP contribution is -2.30. The summed E-state index contributed by atoms with van der Waals surface area (Å²) in [5.74, 6) is 0.975. The van der Waals surface area contributed by atoms with E-state index in [1.165, 1.54) is 12.1 Å². The number of oxazole rings is 1. The Kier molecular flexibility index (Phi) is 4.52. The van der Waals surface area contributed by atoms with Crippen molar-refractivity contribution in [3.05, 3.63) is 60.1 Å². The zero-order valence-corrected chi connectivity index (χ0v) is 13.2. The van der Waals surface area contributed by atoms with Crippen LogP contribution < -0.4 is 5.32 Å². The van der Waals surface area contributed by atoms with Gasteiger partial charge in [0.25, 0.3) is 0 Å². The van der Waals surface area contributed by atoms with Crippen molar-refractivity contribution in [3.63, 3.8) is 0 Å². The molecule has 2 heterocycles. The second-order valence-corrected chi connectivity index (χ2v) is 5.65. The number of aromatic nitrogens is 3. The zero-order valence-electron chi connectivity index (χ0n) is 13.2. The van der Waals surface area contributed by atoms with Crippen LogP contribution in [0.4, 0.5) is 4.39 Å². The summed E-state index contributed by atoms with van der Waals surface area (Å²) in [6, 6.07) is 6.40. The summed E-state index contributed by atoms with van der Waals surface area (Å²) in [4.78, 5) is 4.25. The minimum atomic E-state index is -0.266. The Morgan fingerprint density at radius 3 is 2.74 bits per heavy atom. The molecule has 23 heavy (non-hydrogen) atoms. The van der Waals surface area contributed by atoms with Gasteiger partial charge in [-0.2, -0.15) is 5.10 Å². The summed E-state index contributed by atoms with van der Waals surface area (Å²) in [5, 5.41) is 7.62. The number of nitrogens with zero attached hydrogens (tertiary/aromatic N) is 3. The van der Waals surface area contributed by atoms with E-state index in [9.17, 15) is 4.39 Å². The summed E-state index contributed by atoms with van der Waals surface area (Å²) in [5.41, 5.74) is 1.96. The van der Waals surface area contributed by atoms with E-state index in [1.807, 2.05) is 24.0 Å². The maximum atomic E-state index is 12.9. The topological polar surface area (TPSA) is 55.9 Å². The maximum Gasteiger partial charge on any atom is 0.208 e. The molecule has 0 aliphatic heterocycles. The third-order valence-electron chi connectivity index (χ3n) is 3.51. The quantitative estimate of drug-likeness (QED) is 0.759. The first-order valence-electron chi connectivity index (χ1n) is 7.53. The molecule has 0 aliphatic carbocycles. The van der Waals surface area contributed by atoms with Crippen molar-refractivity contribution < 1.29 is 8.81 Å². The molecule has 0 bridgehead atoms. The van der Waals surface area contributed by atoms with Gasteiger partial charge in [0.2, 0.25) is 5.89 Å². The molecule has 0 amide bonds. The first kappa shape index (κ1) is 15.4. The minimum Gasteiger partial charge on any atom is -0.439 e. The molecular weight excluding hydrogens is 295 g/mol. The van der Waals surface area contributed by atoms with Crippen LogP contribution in [-0.2, 0) is 13.1 Å². The van der Waals surface area contributed by atoms with Crippen LogP contribution in [0.2, 0.25) is 0 Å². The van der Waals surface area contributed by atoms with Gasteiger partial charge in [-0.05, 0) is 43.7 Å². The predicted molar refractivity (Wildman–Crippen MR) is 85.2 cm³/mol.